The van der Waals surface area contributed by atoms with Gasteiger partial charge in [-0.25, -0.2) is 0 Å². The Kier molecular flexibility index (Phi) is 5.23. The van der Waals surface area contributed by atoms with Crippen LogP contribution in [-0.4, -0.2) is 19.0 Å². The van der Waals surface area contributed by atoms with Gasteiger partial charge in [0.15, 0.2) is 0 Å². The molecule has 2 rings (SSSR count). The van der Waals surface area contributed by atoms with Crippen LogP contribution in [0.2, 0.25) is 5.02 Å². The first kappa shape index (κ1) is 14.4. The number of piperidine rings is 1. The molecule has 0 aliphatic carbocycles. The Labute approximate surface area is 119 Å². The first-order chi connectivity index (χ1) is 9.15. The molecule has 1 aliphatic heterocycles. The highest BCUT2D eigenvalue weighted by molar-refractivity contribution is 6.30. The van der Waals surface area contributed by atoms with Crippen LogP contribution < -0.4 is 10.6 Å². The Morgan fingerprint density at radius 1 is 1.58 bits per heavy atom. The van der Waals surface area contributed by atoms with Crippen LogP contribution in [0, 0.1) is 5.92 Å². The number of hydrogen-bond donors (Lipinski definition) is 2. The topological polar surface area (TPSA) is 41.1 Å². The number of benzene rings is 1. The molecule has 1 amide bonds. The minimum atomic E-state index is 0.00255. The molecule has 1 aromatic rings. The first-order valence-electron chi connectivity index (χ1n) is 6.90. The highest BCUT2D eigenvalue weighted by Crippen LogP contribution is 2.19. The van der Waals surface area contributed by atoms with Crippen LogP contribution in [0.3, 0.4) is 0 Å². The van der Waals surface area contributed by atoms with Gasteiger partial charge in [0, 0.05) is 11.4 Å². The summed E-state index contributed by atoms with van der Waals surface area (Å²) in [5.41, 5.74) is 1.04. The van der Waals surface area contributed by atoms with Gasteiger partial charge >= 0.3 is 0 Å². The summed E-state index contributed by atoms with van der Waals surface area (Å²) >= 11 is 5.96. The summed E-state index contributed by atoms with van der Waals surface area (Å²) in [5, 5.41) is 7.08. The molecule has 4 heteroatoms. The molecule has 0 bridgehead atoms. The van der Waals surface area contributed by atoms with E-state index < -0.39 is 0 Å². The monoisotopic (exact) mass is 280 g/mol. The number of carbonyl (C=O) groups excluding carboxylic acids is 1. The van der Waals surface area contributed by atoms with Crippen molar-refractivity contribution < 1.29 is 4.79 Å². The summed E-state index contributed by atoms with van der Waals surface area (Å²) in [5.74, 6) is 0.599. The molecular formula is C15H21ClN2O. The predicted octanol–water partition coefficient (Wildman–Crippen LogP) is 2.91. The molecule has 0 aromatic heterocycles. The molecule has 1 aliphatic rings. The molecule has 0 saturated carbocycles. The van der Waals surface area contributed by atoms with Crippen LogP contribution in [0.4, 0.5) is 0 Å². The van der Waals surface area contributed by atoms with Crippen molar-refractivity contribution in [3.05, 3.63) is 34.9 Å². The summed E-state index contributed by atoms with van der Waals surface area (Å²) < 4.78 is 0. The SMILES string of the molecule is CC(NC(=O)CC1CCCNC1)c1cccc(Cl)c1. The fraction of sp³-hybridized carbons (Fsp3) is 0.533. The minimum Gasteiger partial charge on any atom is -0.350 e. The van der Waals surface area contributed by atoms with Crippen LogP contribution in [-0.2, 0) is 4.79 Å². The van der Waals surface area contributed by atoms with Gasteiger partial charge in [0.2, 0.25) is 5.91 Å². The van der Waals surface area contributed by atoms with Crippen molar-refractivity contribution in [2.24, 2.45) is 5.92 Å². The average Bonchev–Trinajstić information content (AvgIpc) is 2.39. The Balaban J connectivity index is 1.84. The second kappa shape index (κ2) is 6.92. The fourth-order valence-corrected chi connectivity index (χ4v) is 2.72. The second-order valence-electron chi connectivity index (χ2n) is 5.26. The molecule has 2 unspecified atom stereocenters. The summed E-state index contributed by atoms with van der Waals surface area (Å²) in [7, 11) is 0. The summed E-state index contributed by atoms with van der Waals surface area (Å²) in [6.07, 6.45) is 2.92. The number of carbonyl (C=O) groups is 1. The Hall–Kier alpha value is -1.06. The number of hydrogen-bond acceptors (Lipinski definition) is 2. The van der Waals surface area contributed by atoms with Gasteiger partial charge < -0.3 is 10.6 Å². The molecular weight excluding hydrogens is 260 g/mol. The van der Waals surface area contributed by atoms with Crippen LogP contribution in [0.5, 0.6) is 0 Å². The highest BCUT2D eigenvalue weighted by atomic mass is 35.5. The van der Waals surface area contributed by atoms with Crippen molar-refractivity contribution in [2.45, 2.75) is 32.2 Å². The van der Waals surface area contributed by atoms with E-state index in [1.54, 1.807) is 0 Å². The van der Waals surface area contributed by atoms with E-state index in [1.807, 2.05) is 31.2 Å². The van der Waals surface area contributed by atoms with Crippen LogP contribution in [0.25, 0.3) is 0 Å². The number of rotatable bonds is 4. The van der Waals surface area contributed by atoms with E-state index in [1.165, 1.54) is 6.42 Å². The van der Waals surface area contributed by atoms with Crippen molar-refractivity contribution in [1.82, 2.24) is 10.6 Å². The van der Waals surface area contributed by atoms with Gasteiger partial charge in [0.1, 0.15) is 0 Å². The zero-order valence-corrected chi connectivity index (χ0v) is 12.0. The average molecular weight is 281 g/mol. The molecule has 1 fully saturated rings. The molecule has 0 radical (unpaired) electrons. The third-order valence-electron chi connectivity index (χ3n) is 3.60. The zero-order valence-electron chi connectivity index (χ0n) is 11.3. The third kappa shape index (κ3) is 4.51. The third-order valence-corrected chi connectivity index (χ3v) is 3.83. The molecule has 1 saturated heterocycles. The Bertz CT molecular complexity index is 430. The standard InChI is InChI=1S/C15H21ClN2O/c1-11(13-5-2-6-14(16)9-13)18-15(19)8-12-4-3-7-17-10-12/h2,5-6,9,11-12,17H,3-4,7-8,10H2,1H3,(H,18,19). The van der Waals surface area contributed by atoms with Gasteiger partial charge in [-0.1, -0.05) is 23.7 Å². The lowest BCUT2D eigenvalue weighted by molar-refractivity contribution is -0.122. The van der Waals surface area contributed by atoms with E-state index in [2.05, 4.69) is 10.6 Å². The molecule has 0 spiro atoms. The van der Waals surface area contributed by atoms with Gasteiger partial charge in [-0.2, -0.15) is 0 Å². The van der Waals surface area contributed by atoms with E-state index in [-0.39, 0.29) is 11.9 Å². The lowest BCUT2D eigenvalue weighted by Gasteiger charge is -2.23. The Morgan fingerprint density at radius 2 is 2.42 bits per heavy atom. The van der Waals surface area contributed by atoms with Crippen molar-refractivity contribution in [2.75, 3.05) is 13.1 Å². The molecule has 3 nitrogen and oxygen atoms in total. The fourth-order valence-electron chi connectivity index (χ4n) is 2.52. The maximum Gasteiger partial charge on any atom is 0.220 e. The van der Waals surface area contributed by atoms with E-state index >= 15 is 0 Å². The van der Waals surface area contributed by atoms with Crippen molar-refractivity contribution in [1.29, 1.82) is 0 Å². The maximum absolute atomic E-state index is 12.0. The van der Waals surface area contributed by atoms with Crippen molar-refractivity contribution >= 4 is 17.5 Å². The quantitative estimate of drug-likeness (QED) is 0.890. The Morgan fingerprint density at radius 3 is 3.11 bits per heavy atom. The normalized spacial score (nSPS) is 20.8. The molecule has 19 heavy (non-hydrogen) atoms. The maximum atomic E-state index is 12.0. The van der Waals surface area contributed by atoms with Crippen LogP contribution >= 0.6 is 11.6 Å². The summed E-state index contributed by atoms with van der Waals surface area (Å²) in [6, 6.07) is 7.63. The molecule has 2 atom stereocenters. The van der Waals surface area contributed by atoms with Crippen LogP contribution in [0.1, 0.15) is 37.8 Å². The summed E-state index contributed by atoms with van der Waals surface area (Å²) in [6.45, 7) is 4.03. The van der Waals surface area contributed by atoms with Crippen molar-refractivity contribution in [3.63, 3.8) is 0 Å². The lowest BCUT2D eigenvalue weighted by Crippen LogP contribution is -2.35. The summed E-state index contributed by atoms with van der Waals surface area (Å²) in [4.78, 5) is 12.0. The smallest absolute Gasteiger partial charge is 0.220 e. The second-order valence-corrected chi connectivity index (χ2v) is 5.70. The number of amides is 1. The molecule has 104 valence electrons. The molecule has 2 N–H and O–H groups in total. The van der Waals surface area contributed by atoms with Gasteiger partial charge in [-0.05, 0) is 56.5 Å². The van der Waals surface area contributed by atoms with E-state index in [4.69, 9.17) is 11.6 Å². The number of nitrogens with one attached hydrogen (secondary N) is 2. The zero-order chi connectivity index (χ0) is 13.7. The minimum absolute atomic E-state index is 0.00255. The van der Waals surface area contributed by atoms with Gasteiger partial charge in [0.05, 0.1) is 6.04 Å². The van der Waals surface area contributed by atoms with Gasteiger partial charge in [0.25, 0.3) is 0 Å². The molecule has 1 heterocycles. The van der Waals surface area contributed by atoms with Crippen LogP contribution in [0.15, 0.2) is 24.3 Å². The van der Waals surface area contributed by atoms with Gasteiger partial charge in [-0.3, -0.25) is 4.79 Å². The van der Waals surface area contributed by atoms with Crippen molar-refractivity contribution in [3.8, 4) is 0 Å². The predicted molar refractivity (Wildman–Crippen MR) is 78.2 cm³/mol. The lowest BCUT2D eigenvalue weighted by atomic mass is 9.95. The molecule has 1 aromatic carbocycles. The largest absolute Gasteiger partial charge is 0.350 e. The van der Waals surface area contributed by atoms with E-state index in [0.717, 1.165) is 25.1 Å². The van der Waals surface area contributed by atoms with E-state index in [0.29, 0.717) is 17.4 Å². The number of halogens is 1. The first-order valence-corrected chi connectivity index (χ1v) is 7.28. The van der Waals surface area contributed by atoms with E-state index in [9.17, 15) is 4.79 Å². The highest BCUT2D eigenvalue weighted by Gasteiger charge is 2.18. The van der Waals surface area contributed by atoms with Gasteiger partial charge in [-0.15, -0.1) is 0 Å².